The van der Waals surface area contributed by atoms with Gasteiger partial charge in [-0.15, -0.1) is 0 Å². The molecule has 1 rings (SSSR count). The van der Waals surface area contributed by atoms with Crippen molar-refractivity contribution in [1.29, 1.82) is 0 Å². The second-order valence-corrected chi connectivity index (χ2v) is 3.61. The van der Waals surface area contributed by atoms with Gasteiger partial charge < -0.3 is 20.3 Å². The minimum absolute atomic E-state index is 0.0620. The van der Waals surface area contributed by atoms with Crippen molar-refractivity contribution in [2.45, 2.75) is 6.10 Å². The maximum atomic E-state index is 11.0. The Morgan fingerprint density at radius 3 is 2.58 bits per heavy atom. The van der Waals surface area contributed by atoms with Crippen LogP contribution in [0.5, 0.6) is 0 Å². The standard InChI is InChI=1S/C11H14N2O6/c14-6-5-12-11(16)19-7-10(15)8-1-3-9(4-2-8)13(17)18/h1-4,10,14-15H,5-7H2,(H,12,16). The van der Waals surface area contributed by atoms with Crippen LogP contribution >= 0.6 is 0 Å². The van der Waals surface area contributed by atoms with Crippen LogP contribution in [0.4, 0.5) is 10.5 Å². The molecule has 8 nitrogen and oxygen atoms in total. The number of hydrogen-bond acceptors (Lipinski definition) is 6. The third-order valence-electron chi connectivity index (χ3n) is 2.24. The van der Waals surface area contributed by atoms with Gasteiger partial charge in [-0.3, -0.25) is 10.1 Å². The molecule has 104 valence electrons. The number of aliphatic hydroxyl groups is 2. The summed E-state index contributed by atoms with van der Waals surface area (Å²) in [6.07, 6.45) is -1.82. The number of amides is 1. The molecule has 0 fully saturated rings. The zero-order valence-electron chi connectivity index (χ0n) is 9.98. The summed E-state index contributed by atoms with van der Waals surface area (Å²) in [7, 11) is 0. The lowest BCUT2D eigenvalue weighted by molar-refractivity contribution is -0.384. The van der Waals surface area contributed by atoms with Crippen LogP contribution < -0.4 is 5.32 Å². The fraction of sp³-hybridized carbons (Fsp3) is 0.364. The van der Waals surface area contributed by atoms with Gasteiger partial charge in [0.05, 0.1) is 11.5 Å². The zero-order chi connectivity index (χ0) is 14.3. The maximum absolute atomic E-state index is 11.0. The van der Waals surface area contributed by atoms with Gasteiger partial charge in [0.15, 0.2) is 0 Å². The predicted molar refractivity (Wildman–Crippen MR) is 64.5 cm³/mol. The number of non-ortho nitro benzene ring substituents is 1. The number of aliphatic hydroxyl groups excluding tert-OH is 2. The van der Waals surface area contributed by atoms with Gasteiger partial charge in [-0.1, -0.05) is 0 Å². The number of hydrogen-bond donors (Lipinski definition) is 3. The summed E-state index contributed by atoms with van der Waals surface area (Å²) in [6, 6.07) is 5.28. The highest BCUT2D eigenvalue weighted by Gasteiger charge is 2.12. The minimum atomic E-state index is -1.07. The molecule has 1 amide bonds. The third-order valence-corrected chi connectivity index (χ3v) is 2.24. The Balaban J connectivity index is 2.47. The van der Waals surface area contributed by atoms with Crippen LogP contribution in [-0.4, -0.2) is 41.0 Å². The lowest BCUT2D eigenvalue weighted by Crippen LogP contribution is -2.28. The molecule has 8 heteroatoms. The molecular formula is C11H14N2O6. The number of benzene rings is 1. The Morgan fingerprint density at radius 1 is 1.42 bits per heavy atom. The van der Waals surface area contributed by atoms with Crippen molar-refractivity contribution in [3.05, 3.63) is 39.9 Å². The molecule has 0 radical (unpaired) electrons. The average molecular weight is 270 g/mol. The first-order valence-corrected chi connectivity index (χ1v) is 5.48. The second-order valence-electron chi connectivity index (χ2n) is 3.61. The van der Waals surface area contributed by atoms with Crippen LogP contribution in [0, 0.1) is 10.1 Å². The predicted octanol–water partition coefficient (Wildman–Crippen LogP) is 0.347. The molecule has 0 aliphatic heterocycles. The van der Waals surface area contributed by atoms with Gasteiger partial charge in [-0.2, -0.15) is 0 Å². The molecule has 0 spiro atoms. The molecule has 19 heavy (non-hydrogen) atoms. The Kier molecular flexibility index (Phi) is 5.71. The van der Waals surface area contributed by atoms with Crippen LogP contribution in [-0.2, 0) is 4.74 Å². The van der Waals surface area contributed by atoms with Crippen molar-refractivity contribution >= 4 is 11.8 Å². The van der Waals surface area contributed by atoms with Gasteiger partial charge in [0, 0.05) is 18.7 Å². The molecule has 1 unspecified atom stereocenters. The topological polar surface area (TPSA) is 122 Å². The van der Waals surface area contributed by atoms with Crippen LogP contribution in [0.3, 0.4) is 0 Å². The van der Waals surface area contributed by atoms with Crippen molar-refractivity contribution in [3.63, 3.8) is 0 Å². The number of nitro groups is 1. The van der Waals surface area contributed by atoms with E-state index in [2.05, 4.69) is 5.32 Å². The summed E-state index contributed by atoms with van der Waals surface area (Å²) in [5.74, 6) is 0. The summed E-state index contributed by atoms with van der Waals surface area (Å²) < 4.78 is 4.69. The molecule has 0 aliphatic carbocycles. The van der Waals surface area contributed by atoms with E-state index in [4.69, 9.17) is 9.84 Å². The molecule has 0 bridgehead atoms. The van der Waals surface area contributed by atoms with Crippen LogP contribution in [0.15, 0.2) is 24.3 Å². The molecule has 0 aromatic heterocycles. The summed E-state index contributed by atoms with van der Waals surface area (Å²) in [4.78, 5) is 20.9. The highest BCUT2D eigenvalue weighted by atomic mass is 16.6. The first-order valence-electron chi connectivity index (χ1n) is 5.48. The average Bonchev–Trinajstić information content (AvgIpc) is 2.42. The van der Waals surface area contributed by atoms with E-state index in [1.807, 2.05) is 0 Å². The van der Waals surface area contributed by atoms with Gasteiger partial charge in [-0.25, -0.2) is 4.79 Å². The number of nitrogens with one attached hydrogen (secondary N) is 1. The van der Waals surface area contributed by atoms with E-state index in [1.165, 1.54) is 24.3 Å². The van der Waals surface area contributed by atoms with E-state index in [0.717, 1.165) is 0 Å². The van der Waals surface area contributed by atoms with E-state index in [9.17, 15) is 20.0 Å². The quantitative estimate of drug-likeness (QED) is 0.506. The Bertz CT molecular complexity index is 433. The SMILES string of the molecule is O=C(NCCO)OCC(O)c1ccc([N+](=O)[O-])cc1. The van der Waals surface area contributed by atoms with Crippen molar-refractivity contribution in [2.75, 3.05) is 19.8 Å². The smallest absolute Gasteiger partial charge is 0.407 e. The summed E-state index contributed by atoms with van der Waals surface area (Å²) in [6.45, 7) is -0.429. The van der Waals surface area contributed by atoms with Crippen molar-refractivity contribution in [1.82, 2.24) is 5.32 Å². The third kappa shape index (κ3) is 4.90. The molecular weight excluding hydrogens is 256 g/mol. The normalized spacial score (nSPS) is 11.7. The fourth-order valence-electron chi connectivity index (χ4n) is 1.28. The summed E-state index contributed by atoms with van der Waals surface area (Å²) in [5, 5.41) is 30.9. The molecule has 0 heterocycles. The van der Waals surface area contributed by atoms with Crippen molar-refractivity contribution in [3.8, 4) is 0 Å². The van der Waals surface area contributed by atoms with Gasteiger partial charge in [0.25, 0.3) is 5.69 Å². The number of ether oxygens (including phenoxy) is 1. The largest absolute Gasteiger partial charge is 0.446 e. The number of carbonyl (C=O) groups is 1. The lowest BCUT2D eigenvalue weighted by Gasteiger charge is -2.11. The van der Waals surface area contributed by atoms with E-state index >= 15 is 0 Å². The molecule has 0 saturated carbocycles. The molecule has 1 aromatic carbocycles. The summed E-state index contributed by atoms with van der Waals surface area (Å²) in [5.41, 5.74) is 0.318. The number of nitro benzene ring substituents is 1. The van der Waals surface area contributed by atoms with Crippen LogP contribution in [0.2, 0.25) is 0 Å². The molecule has 1 aromatic rings. The van der Waals surface area contributed by atoms with Crippen molar-refractivity contribution < 1.29 is 24.7 Å². The minimum Gasteiger partial charge on any atom is -0.446 e. The van der Waals surface area contributed by atoms with Crippen LogP contribution in [0.1, 0.15) is 11.7 Å². The highest BCUT2D eigenvalue weighted by Crippen LogP contribution is 2.17. The van der Waals surface area contributed by atoms with Crippen molar-refractivity contribution in [2.24, 2.45) is 0 Å². The first kappa shape index (κ1) is 14.9. The molecule has 3 N–H and O–H groups in total. The van der Waals surface area contributed by atoms with E-state index in [-0.39, 0.29) is 25.4 Å². The maximum Gasteiger partial charge on any atom is 0.407 e. The number of nitrogens with zero attached hydrogens (tertiary/aromatic N) is 1. The summed E-state index contributed by atoms with van der Waals surface area (Å²) >= 11 is 0. The second kappa shape index (κ2) is 7.29. The van der Waals surface area contributed by atoms with E-state index < -0.39 is 17.1 Å². The van der Waals surface area contributed by atoms with Gasteiger partial charge in [0.1, 0.15) is 12.7 Å². The van der Waals surface area contributed by atoms with Gasteiger partial charge >= 0.3 is 6.09 Å². The number of alkyl carbamates (subject to hydrolysis) is 1. The Hall–Kier alpha value is -2.19. The van der Waals surface area contributed by atoms with E-state index in [0.29, 0.717) is 5.56 Å². The van der Waals surface area contributed by atoms with Gasteiger partial charge in [-0.05, 0) is 17.7 Å². The van der Waals surface area contributed by atoms with Crippen LogP contribution in [0.25, 0.3) is 0 Å². The zero-order valence-corrected chi connectivity index (χ0v) is 9.98. The molecule has 1 atom stereocenters. The highest BCUT2D eigenvalue weighted by molar-refractivity contribution is 5.67. The molecule has 0 saturated heterocycles. The lowest BCUT2D eigenvalue weighted by atomic mass is 10.1. The fourth-order valence-corrected chi connectivity index (χ4v) is 1.28. The number of carbonyl (C=O) groups excluding carboxylic acids is 1. The Labute approximate surface area is 108 Å². The number of rotatable bonds is 6. The molecule has 0 aliphatic rings. The van der Waals surface area contributed by atoms with Gasteiger partial charge in [0.2, 0.25) is 0 Å². The van der Waals surface area contributed by atoms with E-state index in [1.54, 1.807) is 0 Å². The monoisotopic (exact) mass is 270 g/mol. The Morgan fingerprint density at radius 2 is 2.05 bits per heavy atom. The first-order chi connectivity index (χ1) is 9.04.